The van der Waals surface area contributed by atoms with Gasteiger partial charge in [-0.25, -0.2) is 4.90 Å². The third-order valence-corrected chi connectivity index (χ3v) is 12.8. The van der Waals surface area contributed by atoms with E-state index in [1.54, 1.807) is 30.3 Å². The Morgan fingerprint density at radius 1 is 0.850 bits per heavy atom. The molecule has 0 bridgehead atoms. The molecule has 0 spiro atoms. The molecule has 2 aliphatic heterocycles. The molecule has 2 heterocycles. The normalized spacial score (nSPS) is 24.4. The number of nitro groups is 2. The van der Waals surface area contributed by atoms with E-state index in [4.69, 9.17) is 39.5 Å². The summed E-state index contributed by atoms with van der Waals surface area (Å²) in [4.78, 5) is 84.4. The van der Waals surface area contributed by atoms with E-state index >= 15 is 4.79 Å². The van der Waals surface area contributed by atoms with Crippen LogP contribution in [0.3, 0.4) is 0 Å². The molecule has 0 aromatic heterocycles. The Morgan fingerprint density at radius 2 is 1.48 bits per heavy atom. The molecule has 8 rings (SSSR count). The Bertz CT molecular complexity index is 2570. The van der Waals surface area contributed by atoms with Gasteiger partial charge in [0.2, 0.25) is 11.8 Å². The molecule has 4 aliphatic rings. The highest BCUT2D eigenvalue weighted by atomic mass is 35.5. The number of nitro benzene ring substituents is 2. The van der Waals surface area contributed by atoms with Crippen LogP contribution in [0.15, 0.2) is 84.4 Å². The fourth-order valence-corrected chi connectivity index (χ4v) is 10.3. The lowest BCUT2D eigenvalue weighted by Crippen LogP contribution is -2.53. The van der Waals surface area contributed by atoms with Crippen molar-refractivity contribution in [1.82, 2.24) is 5.01 Å². The Hall–Kier alpha value is -6.23. The van der Waals surface area contributed by atoms with Gasteiger partial charge in [0.1, 0.15) is 11.5 Å². The van der Waals surface area contributed by atoms with Crippen LogP contribution in [-0.4, -0.2) is 64.8 Å². The molecular formula is C41H33Cl3N6O10. The highest BCUT2D eigenvalue weighted by molar-refractivity contribution is 6.36. The minimum Gasteiger partial charge on any atom is -0.508 e. The molecule has 0 unspecified atom stereocenters. The number of ether oxygens (including phenoxy) is 1. The maximum atomic E-state index is 15.5. The fraction of sp³-hybridized carbons (Fsp3) is 0.268. The molecule has 60 heavy (non-hydrogen) atoms. The van der Waals surface area contributed by atoms with Crippen molar-refractivity contribution in [2.24, 2.45) is 23.7 Å². The predicted molar refractivity (Wildman–Crippen MR) is 220 cm³/mol. The van der Waals surface area contributed by atoms with E-state index in [1.807, 2.05) is 0 Å². The second-order valence-electron chi connectivity index (χ2n) is 15.2. The van der Waals surface area contributed by atoms with Crippen LogP contribution >= 0.6 is 34.8 Å². The number of halogens is 3. The first-order valence-electron chi connectivity index (χ1n) is 18.5. The Balaban J connectivity index is 1.32. The van der Waals surface area contributed by atoms with Crippen molar-refractivity contribution in [2.45, 2.75) is 24.2 Å². The van der Waals surface area contributed by atoms with Crippen molar-refractivity contribution >= 4 is 86.9 Å². The van der Waals surface area contributed by atoms with Crippen LogP contribution in [0.25, 0.3) is 0 Å². The summed E-state index contributed by atoms with van der Waals surface area (Å²) in [5, 5.41) is 37.6. The lowest BCUT2D eigenvalue weighted by Gasteiger charge is -2.50. The minimum absolute atomic E-state index is 0.0524. The van der Waals surface area contributed by atoms with E-state index in [0.717, 1.165) is 22.0 Å². The third kappa shape index (κ3) is 6.03. The zero-order valence-electron chi connectivity index (χ0n) is 31.8. The predicted octanol–water partition coefficient (Wildman–Crippen LogP) is 7.43. The van der Waals surface area contributed by atoms with E-state index in [-0.39, 0.29) is 51.3 Å². The van der Waals surface area contributed by atoms with Crippen LogP contribution < -0.4 is 20.0 Å². The van der Waals surface area contributed by atoms with Gasteiger partial charge in [-0.3, -0.25) is 44.8 Å². The number of imide groups is 2. The Kier molecular flexibility index (Phi) is 10.00. The number of hydrogen-bond donors (Lipinski definition) is 2. The summed E-state index contributed by atoms with van der Waals surface area (Å²) in [6.07, 6.45) is 1.53. The van der Waals surface area contributed by atoms with Gasteiger partial charge >= 0.3 is 11.4 Å². The maximum Gasteiger partial charge on any atom is 0.301 e. The van der Waals surface area contributed by atoms with E-state index in [2.05, 4.69) is 5.43 Å². The van der Waals surface area contributed by atoms with Gasteiger partial charge in [0.05, 0.1) is 56.5 Å². The van der Waals surface area contributed by atoms with Gasteiger partial charge in [-0.2, -0.15) is 5.01 Å². The van der Waals surface area contributed by atoms with Crippen LogP contribution in [0.4, 0.5) is 28.4 Å². The van der Waals surface area contributed by atoms with Gasteiger partial charge in [0.15, 0.2) is 5.69 Å². The van der Waals surface area contributed by atoms with E-state index < -0.39 is 79.9 Å². The molecule has 6 atom stereocenters. The van der Waals surface area contributed by atoms with E-state index in [0.29, 0.717) is 21.9 Å². The van der Waals surface area contributed by atoms with Crippen LogP contribution in [0.1, 0.15) is 29.9 Å². The van der Waals surface area contributed by atoms with Gasteiger partial charge in [0.25, 0.3) is 11.8 Å². The quantitative estimate of drug-likeness (QED) is 0.0729. The first kappa shape index (κ1) is 40.5. The van der Waals surface area contributed by atoms with Crippen LogP contribution in [0, 0.1) is 43.9 Å². The zero-order valence-corrected chi connectivity index (χ0v) is 34.1. The molecule has 0 radical (unpaired) electrons. The van der Waals surface area contributed by atoms with Gasteiger partial charge in [-0.15, -0.1) is 0 Å². The molecule has 16 nitrogen and oxygen atoms in total. The fourth-order valence-electron chi connectivity index (χ4n) is 9.65. The summed E-state index contributed by atoms with van der Waals surface area (Å²) in [5.74, 6) is -8.34. The number of anilines is 3. The largest absolute Gasteiger partial charge is 0.508 e. The molecule has 3 fully saturated rings. The SMILES string of the molecule is COc1ccc([C@@]23C(=O)N(Nc4ccc(Cl)cc4Cl)C(=O)[C@@H]2C[C@@H]2C(=CC[C@@H]4C(=O)N(c5cc([N+](=O)[O-])c(N(C)C)c([N+](=O)[O-])c5)C(=O)[C@@H]42)[C@@H]3c2cc(Cl)ccc2O)cc1. The second kappa shape index (κ2) is 14.8. The third-order valence-electron chi connectivity index (χ3n) is 12.0. The molecule has 19 heteroatoms. The number of nitrogens with zero attached hydrogens (tertiary/aromatic N) is 5. The van der Waals surface area contributed by atoms with Gasteiger partial charge in [-0.05, 0) is 72.9 Å². The minimum atomic E-state index is -1.80. The number of rotatable bonds is 9. The van der Waals surface area contributed by atoms with Crippen molar-refractivity contribution < 1.29 is 38.9 Å². The summed E-state index contributed by atoms with van der Waals surface area (Å²) >= 11 is 19.3. The number of phenolic OH excluding ortho intramolecular Hbond substituents is 1. The molecule has 4 aromatic rings. The number of phenols is 1. The molecule has 2 N–H and O–H groups in total. The molecule has 4 amide bonds. The summed E-state index contributed by atoms with van der Waals surface area (Å²) in [5.41, 5.74) is 0.200. The first-order valence-corrected chi connectivity index (χ1v) is 19.6. The number of hydrazine groups is 1. The number of amides is 4. The standard InChI is InChI=1S/C41H33Cl3N6O10/c1-46(2)36-31(49(56)57)16-22(17-32(36)50(58)59)47-37(52)25-11-10-24-26(34(25)39(47)54)18-28-38(53)48(45-30-12-6-21(43)15-29(30)44)40(55)41(28,19-4-8-23(60-3)9-5-19)35(24)27-14-20(42)7-13-33(27)51/h4-10,12-17,25-26,28,34-35,45,51H,11,18H2,1-3H3/t25-,26+,28-,34-,35+,41+/m0/s1. The summed E-state index contributed by atoms with van der Waals surface area (Å²) in [7, 11) is 4.25. The van der Waals surface area contributed by atoms with Crippen molar-refractivity contribution in [3.05, 3.63) is 131 Å². The number of allylic oxidation sites excluding steroid dienone is 2. The number of carbonyl (C=O) groups excluding carboxylic acids is 4. The number of nitrogens with one attached hydrogen (secondary N) is 1. The van der Waals surface area contributed by atoms with Crippen LogP contribution in [0.2, 0.25) is 15.1 Å². The molecule has 4 aromatic carbocycles. The number of carbonyl (C=O) groups is 4. The Morgan fingerprint density at radius 3 is 2.08 bits per heavy atom. The lowest BCUT2D eigenvalue weighted by atomic mass is 9.49. The Labute approximate surface area is 356 Å². The second-order valence-corrected chi connectivity index (χ2v) is 16.4. The summed E-state index contributed by atoms with van der Waals surface area (Å²) in [6, 6.07) is 17.2. The smallest absolute Gasteiger partial charge is 0.301 e. The lowest BCUT2D eigenvalue weighted by molar-refractivity contribution is -0.392. The van der Waals surface area contributed by atoms with Crippen molar-refractivity contribution in [3.63, 3.8) is 0 Å². The van der Waals surface area contributed by atoms with Crippen molar-refractivity contribution in [1.29, 1.82) is 0 Å². The molecule has 2 saturated heterocycles. The monoisotopic (exact) mass is 874 g/mol. The maximum absolute atomic E-state index is 15.5. The van der Waals surface area contributed by atoms with Crippen molar-refractivity contribution in [2.75, 3.05) is 36.4 Å². The van der Waals surface area contributed by atoms with Gasteiger partial charge in [-0.1, -0.05) is 58.6 Å². The van der Waals surface area contributed by atoms with E-state index in [9.17, 15) is 39.7 Å². The average molecular weight is 876 g/mol. The van der Waals surface area contributed by atoms with Crippen molar-refractivity contribution in [3.8, 4) is 11.5 Å². The number of aromatic hydroxyl groups is 1. The number of hydrogen-bond acceptors (Lipinski definition) is 12. The summed E-state index contributed by atoms with van der Waals surface area (Å²) < 4.78 is 5.42. The van der Waals surface area contributed by atoms with Crippen LogP contribution in [-0.2, 0) is 24.6 Å². The van der Waals surface area contributed by atoms with Crippen LogP contribution in [0.5, 0.6) is 11.5 Å². The molecule has 1 saturated carbocycles. The molecule has 2 aliphatic carbocycles. The van der Waals surface area contributed by atoms with Gasteiger partial charge in [0, 0.05) is 47.8 Å². The molecular weight excluding hydrogens is 843 g/mol. The summed E-state index contributed by atoms with van der Waals surface area (Å²) in [6.45, 7) is 0. The average Bonchev–Trinajstić information content (AvgIpc) is 3.59. The zero-order chi connectivity index (χ0) is 43.1. The number of benzene rings is 4. The van der Waals surface area contributed by atoms with Gasteiger partial charge < -0.3 is 14.7 Å². The number of fused-ring (bicyclic) bond motifs is 4. The highest BCUT2D eigenvalue weighted by Gasteiger charge is 2.71. The number of methoxy groups -OCH3 is 1. The topological polar surface area (TPSA) is 206 Å². The molecule has 308 valence electrons. The van der Waals surface area contributed by atoms with E-state index in [1.165, 1.54) is 62.5 Å². The first-order chi connectivity index (χ1) is 28.5. The highest BCUT2D eigenvalue weighted by Crippen LogP contribution is 2.65.